The molecule has 1 N–H and O–H groups in total. The number of rotatable bonds is 7. The fourth-order valence-electron chi connectivity index (χ4n) is 0.556. The molecule has 1 atom stereocenters. The molecule has 0 bridgehead atoms. The summed E-state index contributed by atoms with van der Waals surface area (Å²) in [5, 5.41) is 9.01. The van der Waals surface area contributed by atoms with E-state index in [4.69, 9.17) is 14.6 Å². The first-order chi connectivity index (χ1) is 5.31. The lowest BCUT2D eigenvalue weighted by Crippen LogP contribution is -2.19. The van der Waals surface area contributed by atoms with Crippen molar-refractivity contribution in [1.82, 2.24) is 0 Å². The van der Waals surface area contributed by atoms with Crippen molar-refractivity contribution < 1.29 is 14.6 Å². The zero-order chi connectivity index (χ0) is 8.53. The number of aliphatic hydroxyl groups is 1. The molecule has 0 aromatic heterocycles. The molecule has 0 aliphatic rings. The van der Waals surface area contributed by atoms with Crippen LogP contribution in [0.15, 0.2) is 12.7 Å². The molecule has 0 amide bonds. The monoisotopic (exact) mass is 160 g/mol. The average Bonchev–Trinajstić information content (AvgIpc) is 2.01. The maximum absolute atomic E-state index is 9.01. The number of aliphatic hydroxyl groups excluding tert-OH is 1. The second kappa shape index (κ2) is 7.72. The van der Waals surface area contributed by atoms with E-state index < -0.39 is 6.29 Å². The fraction of sp³-hybridized carbons (Fsp3) is 0.750. The molecule has 3 nitrogen and oxygen atoms in total. The van der Waals surface area contributed by atoms with Crippen molar-refractivity contribution in [2.24, 2.45) is 0 Å². The molecule has 66 valence electrons. The molecule has 0 rings (SSSR count). The Kier molecular flexibility index (Phi) is 7.46. The predicted molar refractivity (Wildman–Crippen MR) is 43.3 cm³/mol. The van der Waals surface area contributed by atoms with Gasteiger partial charge in [0.1, 0.15) is 0 Å². The molecule has 0 heterocycles. The Balaban J connectivity index is 3.08. The van der Waals surface area contributed by atoms with Gasteiger partial charge in [0.2, 0.25) is 0 Å². The van der Waals surface area contributed by atoms with Crippen LogP contribution in [0.1, 0.15) is 13.3 Å². The molecule has 11 heavy (non-hydrogen) atoms. The zero-order valence-electron chi connectivity index (χ0n) is 6.95. The highest BCUT2D eigenvalue weighted by molar-refractivity contribution is 4.64. The lowest BCUT2D eigenvalue weighted by atomic mass is 10.5. The summed E-state index contributed by atoms with van der Waals surface area (Å²) in [4.78, 5) is 0. The van der Waals surface area contributed by atoms with Gasteiger partial charge >= 0.3 is 0 Å². The van der Waals surface area contributed by atoms with Crippen molar-refractivity contribution in [2.75, 3.05) is 19.8 Å². The number of hydrogen-bond acceptors (Lipinski definition) is 3. The summed E-state index contributed by atoms with van der Waals surface area (Å²) in [6.45, 7) is 6.72. The molecule has 0 fully saturated rings. The van der Waals surface area contributed by atoms with Gasteiger partial charge < -0.3 is 14.6 Å². The summed E-state index contributed by atoms with van der Waals surface area (Å²) >= 11 is 0. The highest BCUT2D eigenvalue weighted by atomic mass is 16.6. The third kappa shape index (κ3) is 7.52. The van der Waals surface area contributed by atoms with E-state index in [1.54, 1.807) is 6.08 Å². The minimum atomic E-state index is -0.820. The SMILES string of the molecule is C=CCOC(O)COCCC. The highest BCUT2D eigenvalue weighted by Gasteiger charge is 2.00. The summed E-state index contributed by atoms with van der Waals surface area (Å²) in [6.07, 6.45) is 1.72. The Morgan fingerprint density at radius 3 is 2.91 bits per heavy atom. The highest BCUT2D eigenvalue weighted by Crippen LogP contribution is 1.89. The van der Waals surface area contributed by atoms with E-state index in [-0.39, 0.29) is 6.61 Å². The van der Waals surface area contributed by atoms with Crippen molar-refractivity contribution in [3.8, 4) is 0 Å². The molecule has 0 aromatic rings. The van der Waals surface area contributed by atoms with E-state index in [1.165, 1.54) is 0 Å². The smallest absolute Gasteiger partial charge is 0.178 e. The predicted octanol–water partition coefficient (Wildman–Crippen LogP) is 0.934. The summed E-state index contributed by atoms with van der Waals surface area (Å²) in [5.41, 5.74) is 0. The first kappa shape index (κ1) is 10.6. The fourth-order valence-corrected chi connectivity index (χ4v) is 0.556. The molecular formula is C8H16O3. The van der Waals surface area contributed by atoms with Crippen molar-refractivity contribution in [3.63, 3.8) is 0 Å². The van der Waals surface area contributed by atoms with Crippen LogP contribution in [0, 0.1) is 0 Å². The zero-order valence-corrected chi connectivity index (χ0v) is 6.95. The summed E-state index contributed by atoms with van der Waals surface area (Å²) in [6, 6.07) is 0. The summed E-state index contributed by atoms with van der Waals surface area (Å²) in [5.74, 6) is 0. The van der Waals surface area contributed by atoms with Crippen LogP contribution in [0.2, 0.25) is 0 Å². The normalized spacial score (nSPS) is 12.9. The maximum atomic E-state index is 9.01. The van der Waals surface area contributed by atoms with Gasteiger partial charge in [-0.3, -0.25) is 0 Å². The minimum Gasteiger partial charge on any atom is -0.376 e. The van der Waals surface area contributed by atoms with E-state index >= 15 is 0 Å². The molecule has 0 spiro atoms. The lowest BCUT2D eigenvalue weighted by Gasteiger charge is -2.09. The summed E-state index contributed by atoms with van der Waals surface area (Å²) in [7, 11) is 0. The molecule has 0 saturated heterocycles. The second-order valence-electron chi connectivity index (χ2n) is 2.15. The van der Waals surface area contributed by atoms with Crippen molar-refractivity contribution in [3.05, 3.63) is 12.7 Å². The van der Waals surface area contributed by atoms with Gasteiger partial charge in [-0.2, -0.15) is 0 Å². The van der Waals surface area contributed by atoms with Crippen LogP contribution in [-0.4, -0.2) is 31.2 Å². The first-order valence-corrected chi connectivity index (χ1v) is 3.79. The van der Waals surface area contributed by atoms with Gasteiger partial charge in [-0.25, -0.2) is 0 Å². The second-order valence-corrected chi connectivity index (χ2v) is 2.15. The molecule has 0 aliphatic carbocycles. The largest absolute Gasteiger partial charge is 0.376 e. The van der Waals surface area contributed by atoms with E-state index in [2.05, 4.69) is 6.58 Å². The van der Waals surface area contributed by atoms with E-state index in [0.29, 0.717) is 13.2 Å². The Bertz CT molecular complexity index is 93.3. The molecule has 0 aromatic carbocycles. The quantitative estimate of drug-likeness (QED) is 0.342. The Hall–Kier alpha value is -0.380. The Morgan fingerprint density at radius 1 is 1.64 bits per heavy atom. The van der Waals surface area contributed by atoms with Crippen LogP contribution < -0.4 is 0 Å². The topological polar surface area (TPSA) is 38.7 Å². The third-order valence-corrected chi connectivity index (χ3v) is 1.02. The average molecular weight is 160 g/mol. The molecule has 0 radical (unpaired) electrons. The van der Waals surface area contributed by atoms with Gasteiger partial charge in [0, 0.05) is 6.61 Å². The van der Waals surface area contributed by atoms with Gasteiger partial charge in [-0.1, -0.05) is 13.0 Å². The number of ether oxygens (including phenoxy) is 2. The van der Waals surface area contributed by atoms with Crippen LogP contribution in [0.4, 0.5) is 0 Å². The first-order valence-electron chi connectivity index (χ1n) is 3.79. The van der Waals surface area contributed by atoms with Crippen LogP contribution in [0.25, 0.3) is 0 Å². The van der Waals surface area contributed by atoms with Gasteiger partial charge in [-0.15, -0.1) is 6.58 Å². The Labute approximate surface area is 67.6 Å². The van der Waals surface area contributed by atoms with Crippen LogP contribution in [-0.2, 0) is 9.47 Å². The standard InChI is InChI=1S/C8H16O3/c1-3-5-10-7-8(9)11-6-4-2/h4,8-9H,2-3,5-7H2,1H3. The van der Waals surface area contributed by atoms with Crippen molar-refractivity contribution in [2.45, 2.75) is 19.6 Å². The van der Waals surface area contributed by atoms with Crippen molar-refractivity contribution >= 4 is 0 Å². The van der Waals surface area contributed by atoms with Gasteiger partial charge in [0.25, 0.3) is 0 Å². The van der Waals surface area contributed by atoms with Crippen LogP contribution in [0.5, 0.6) is 0 Å². The van der Waals surface area contributed by atoms with Crippen LogP contribution >= 0.6 is 0 Å². The van der Waals surface area contributed by atoms with E-state index in [1.807, 2.05) is 6.92 Å². The van der Waals surface area contributed by atoms with Gasteiger partial charge in [-0.05, 0) is 6.42 Å². The van der Waals surface area contributed by atoms with Gasteiger partial charge in [0.05, 0.1) is 13.2 Å². The molecule has 0 saturated carbocycles. The molecule has 0 aliphatic heterocycles. The van der Waals surface area contributed by atoms with Crippen LogP contribution in [0.3, 0.4) is 0 Å². The van der Waals surface area contributed by atoms with Crippen molar-refractivity contribution in [1.29, 1.82) is 0 Å². The summed E-state index contributed by atoms with van der Waals surface area (Å²) < 4.78 is 9.88. The molecule has 1 unspecified atom stereocenters. The molecular weight excluding hydrogens is 144 g/mol. The molecule has 3 heteroatoms. The maximum Gasteiger partial charge on any atom is 0.178 e. The Morgan fingerprint density at radius 2 is 2.36 bits per heavy atom. The van der Waals surface area contributed by atoms with E-state index in [0.717, 1.165) is 6.42 Å². The lowest BCUT2D eigenvalue weighted by molar-refractivity contribution is -0.129. The minimum absolute atomic E-state index is 0.238. The van der Waals surface area contributed by atoms with E-state index in [9.17, 15) is 0 Å². The van der Waals surface area contributed by atoms with Gasteiger partial charge in [0.15, 0.2) is 6.29 Å². The number of hydrogen-bond donors (Lipinski definition) is 1. The third-order valence-electron chi connectivity index (χ3n) is 1.02.